The van der Waals surface area contributed by atoms with Gasteiger partial charge >= 0.3 is 12.3 Å². The van der Waals surface area contributed by atoms with Gasteiger partial charge in [0.1, 0.15) is 5.82 Å². The van der Waals surface area contributed by atoms with Crippen molar-refractivity contribution >= 4 is 17.5 Å². The first-order chi connectivity index (χ1) is 18.1. The normalized spacial score (nSPS) is 11.0. The summed E-state index contributed by atoms with van der Waals surface area (Å²) < 4.78 is 54.7. The van der Waals surface area contributed by atoms with Crippen molar-refractivity contribution in [1.82, 2.24) is 14.8 Å². The highest BCUT2D eigenvalue weighted by Crippen LogP contribution is 2.40. The summed E-state index contributed by atoms with van der Waals surface area (Å²) in [6.07, 6.45) is -2.37. The predicted molar refractivity (Wildman–Crippen MR) is 135 cm³/mol. The number of rotatable bonds is 4. The van der Waals surface area contributed by atoms with Crippen molar-refractivity contribution in [2.75, 3.05) is 0 Å². The van der Waals surface area contributed by atoms with Gasteiger partial charge in [-0.05, 0) is 49.2 Å². The van der Waals surface area contributed by atoms with Gasteiger partial charge < -0.3 is 0 Å². The molecule has 0 amide bonds. The van der Waals surface area contributed by atoms with Crippen LogP contribution in [0.3, 0.4) is 0 Å². The highest BCUT2D eigenvalue weighted by Gasteiger charge is 2.30. The van der Waals surface area contributed by atoms with Gasteiger partial charge in [0, 0.05) is 17.3 Å². The third-order valence-corrected chi connectivity index (χ3v) is 6.74. The maximum Gasteiger partial charge on any atom is 0.416 e. The lowest BCUT2D eigenvalue weighted by Crippen LogP contribution is -2.04. The lowest BCUT2D eigenvalue weighted by Gasteiger charge is -2.08. The van der Waals surface area contributed by atoms with Gasteiger partial charge in [-0.3, -0.25) is 0 Å². The molecule has 5 rings (SSSR count). The molecule has 0 aliphatic carbocycles. The molecule has 0 saturated heterocycles. The van der Waals surface area contributed by atoms with Crippen LogP contribution in [0.2, 0.25) is 0 Å². The van der Waals surface area contributed by atoms with Crippen molar-refractivity contribution in [3.05, 3.63) is 102 Å². The van der Waals surface area contributed by atoms with Crippen molar-refractivity contribution in [2.24, 2.45) is 0 Å². The van der Waals surface area contributed by atoms with Crippen molar-refractivity contribution in [3.8, 4) is 38.0 Å². The van der Waals surface area contributed by atoms with E-state index in [9.17, 15) is 17.6 Å². The second-order valence-electron chi connectivity index (χ2n) is 8.28. The fourth-order valence-corrected chi connectivity index (χ4v) is 4.84. The van der Waals surface area contributed by atoms with Gasteiger partial charge in [0.05, 0.1) is 21.8 Å². The number of nitrogens with zero attached hydrogens (tertiary/aromatic N) is 3. The molecule has 0 radical (unpaired) electrons. The summed E-state index contributed by atoms with van der Waals surface area (Å²) in [5, 5.41) is 5.14. The first-order valence-electron chi connectivity index (χ1n) is 11.2. The number of thiazole rings is 1. The highest BCUT2D eigenvalue weighted by molar-refractivity contribution is 7.18. The third-order valence-electron chi connectivity index (χ3n) is 5.65. The molecule has 0 unspecified atom stereocenters. The lowest BCUT2D eigenvalue weighted by molar-refractivity contribution is -0.191. The van der Waals surface area contributed by atoms with E-state index in [1.54, 1.807) is 16.9 Å². The van der Waals surface area contributed by atoms with Crippen LogP contribution in [0.25, 0.3) is 38.0 Å². The monoisotopic (exact) mass is 537 g/mol. The molecule has 0 aliphatic heterocycles. The smallest absolute Gasteiger partial charge is 0.218 e. The number of hydrogen-bond donors (Lipinski definition) is 0. The number of alkyl halides is 3. The minimum absolute atomic E-state index is 0.250. The molecule has 0 fully saturated rings. The molecule has 2 heterocycles. The van der Waals surface area contributed by atoms with E-state index in [1.807, 2.05) is 44.2 Å². The van der Waals surface area contributed by atoms with Crippen LogP contribution >= 0.6 is 11.3 Å². The first-order valence-corrected chi connectivity index (χ1v) is 12.0. The molecule has 192 valence electrons. The molecule has 0 atom stereocenters. The fraction of sp³-hybridized carbons (Fsp3) is 0.107. The maximum atomic E-state index is 13.8. The van der Waals surface area contributed by atoms with Crippen LogP contribution in [0, 0.1) is 19.7 Å². The molecule has 0 aliphatic rings. The molecular formula is C28H19F4N3O2S. The Morgan fingerprint density at radius 3 is 2.11 bits per heavy atom. The number of halogens is 4. The van der Waals surface area contributed by atoms with Gasteiger partial charge in [-0.15, -0.1) is 0 Å². The molecule has 0 spiro atoms. The zero-order valence-corrected chi connectivity index (χ0v) is 20.9. The number of hydrogen-bond acceptors (Lipinski definition) is 5. The van der Waals surface area contributed by atoms with Crippen LogP contribution in [-0.2, 0) is 15.8 Å². The lowest BCUT2D eigenvalue weighted by atomic mass is 10.0. The molecule has 10 heteroatoms. The highest BCUT2D eigenvalue weighted by atomic mass is 32.1. The van der Waals surface area contributed by atoms with Gasteiger partial charge in [0.25, 0.3) is 0 Å². The Labute approximate surface area is 219 Å². The van der Waals surface area contributed by atoms with Crippen LogP contribution in [0.5, 0.6) is 0 Å². The number of carbonyl (C=O) groups excluding carboxylic acids is 2. The Kier molecular flexibility index (Phi) is 7.66. The zero-order chi connectivity index (χ0) is 27.4. The fourth-order valence-electron chi connectivity index (χ4n) is 3.82. The Morgan fingerprint density at radius 2 is 1.50 bits per heavy atom. The van der Waals surface area contributed by atoms with Gasteiger partial charge in [-0.1, -0.05) is 65.4 Å². The van der Waals surface area contributed by atoms with E-state index < -0.39 is 11.7 Å². The number of aromatic nitrogens is 3. The summed E-state index contributed by atoms with van der Waals surface area (Å²) in [5.41, 5.74) is 4.61. The average molecular weight is 538 g/mol. The van der Waals surface area contributed by atoms with Crippen LogP contribution in [0.1, 0.15) is 16.8 Å². The Balaban J connectivity index is 0.00000107. The van der Waals surface area contributed by atoms with E-state index in [1.165, 1.54) is 35.6 Å². The van der Waals surface area contributed by atoms with Crippen molar-refractivity contribution in [2.45, 2.75) is 20.0 Å². The van der Waals surface area contributed by atoms with Crippen LogP contribution < -0.4 is 0 Å². The van der Waals surface area contributed by atoms with Gasteiger partial charge in [0.2, 0.25) is 5.13 Å². The third kappa shape index (κ3) is 5.77. The molecule has 38 heavy (non-hydrogen) atoms. The summed E-state index contributed by atoms with van der Waals surface area (Å²) in [5.74, 6) is -0.338. The van der Waals surface area contributed by atoms with Crippen molar-refractivity contribution < 1.29 is 27.2 Å². The summed E-state index contributed by atoms with van der Waals surface area (Å²) in [4.78, 5) is 21.8. The summed E-state index contributed by atoms with van der Waals surface area (Å²) in [6, 6.07) is 19.2. The van der Waals surface area contributed by atoms with E-state index in [2.05, 4.69) is 5.10 Å². The molecule has 5 nitrogen and oxygen atoms in total. The van der Waals surface area contributed by atoms with Gasteiger partial charge in [-0.2, -0.15) is 27.9 Å². The Bertz CT molecular complexity index is 1600. The Morgan fingerprint density at radius 1 is 0.868 bits per heavy atom. The average Bonchev–Trinajstić information content (AvgIpc) is 3.49. The Hall–Kier alpha value is -4.40. The summed E-state index contributed by atoms with van der Waals surface area (Å²) in [6.45, 7) is 3.82. The molecular weight excluding hydrogens is 518 g/mol. The topological polar surface area (TPSA) is 64.8 Å². The molecule has 5 aromatic rings. The van der Waals surface area contributed by atoms with Gasteiger partial charge in [0.15, 0.2) is 0 Å². The van der Waals surface area contributed by atoms with Crippen molar-refractivity contribution in [1.29, 1.82) is 0 Å². The second kappa shape index (κ2) is 10.9. The molecule has 3 aromatic carbocycles. The summed E-state index contributed by atoms with van der Waals surface area (Å²) >= 11 is 1.39. The van der Waals surface area contributed by atoms with E-state index in [4.69, 9.17) is 14.6 Å². The zero-order valence-electron chi connectivity index (χ0n) is 20.1. The minimum Gasteiger partial charge on any atom is -0.218 e. The van der Waals surface area contributed by atoms with Crippen LogP contribution in [0.4, 0.5) is 17.6 Å². The van der Waals surface area contributed by atoms with Crippen molar-refractivity contribution in [3.63, 3.8) is 0 Å². The molecule has 0 N–H and O–H groups in total. The number of aryl methyl sites for hydroxylation is 2. The van der Waals surface area contributed by atoms with Gasteiger partial charge in [-0.25, -0.2) is 14.1 Å². The minimum atomic E-state index is -4.41. The predicted octanol–water partition coefficient (Wildman–Crippen LogP) is 7.52. The van der Waals surface area contributed by atoms with E-state index >= 15 is 0 Å². The first kappa shape index (κ1) is 26.7. The molecule has 2 aromatic heterocycles. The second-order valence-corrected chi connectivity index (χ2v) is 9.26. The quantitative estimate of drug-likeness (QED) is 0.223. The maximum absolute atomic E-state index is 13.8. The standard InChI is InChI=1S/C27H19F4N3S.CO2/c1-16-6-8-19(9-7-16)25-24(18-10-12-21(13-11-18)27(29,30)31)32-26(35-25)34-15-23(17(2)33-34)20-4-3-5-22(28)14-20;2-1-3/h3-15H,1-2H3;. The van der Waals surface area contributed by atoms with Crippen LogP contribution in [0.15, 0.2) is 79.0 Å². The van der Waals surface area contributed by atoms with E-state index in [0.717, 1.165) is 33.7 Å². The van der Waals surface area contributed by atoms with E-state index in [-0.39, 0.29) is 12.0 Å². The van der Waals surface area contributed by atoms with E-state index in [0.29, 0.717) is 27.6 Å². The largest absolute Gasteiger partial charge is 0.416 e. The summed E-state index contributed by atoms with van der Waals surface area (Å²) in [7, 11) is 0. The molecule has 0 bridgehead atoms. The number of benzene rings is 3. The molecule has 0 saturated carbocycles. The SMILES string of the molecule is Cc1ccc(-c2sc(-n3cc(-c4cccc(F)c4)c(C)n3)nc2-c2ccc(C(F)(F)F)cc2)cc1.O=C=O. The van der Waals surface area contributed by atoms with Crippen LogP contribution in [-0.4, -0.2) is 20.9 Å².